The van der Waals surface area contributed by atoms with Crippen LogP contribution in [0.3, 0.4) is 0 Å². The lowest BCUT2D eigenvalue weighted by Crippen LogP contribution is -2.16. The Morgan fingerprint density at radius 2 is 1.70 bits per heavy atom. The lowest BCUT2D eigenvalue weighted by atomic mass is 9.92. The van der Waals surface area contributed by atoms with Crippen molar-refractivity contribution in [2.75, 3.05) is 0 Å². The molecule has 0 N–H and O–H groups in total. The summed E-state index contributed by atoms with van der Waals surface area (Å²) in [6.45, 7) is 6.24. The van der Waals surface area contributed by atoms with Gasteiger partial charge in [0.1, 0.15) is 5.15 Å². The molecule has 0 atom stereocenters. The zero-order chi connectivity index (χ0) is 15.1. The lowest BCUT2D eigenvalue weighted by molar-refractivity contribution is 0.564. The van der Waals surface area contributed by atoms with Gasteiger partial charge in [-0.25, -0.2) is 9.97 Å². The van der Waals surface area contributed by atoms with Crippen LogP contribution in [-0.4, -0.2) is 9.97 Å². The van der Waals surface area contributed by atoms with Crippen LogP contribution in [0.1, 0.15) is 26.5 Å². The molecule has 1 aromatic heterocycles. The van der Waals surface area contributed by atoms with E-state index in [1.165, 1.54) is 0 Å². The van der Waals surface area contributed by atoms with Crippen LogP contribution in [0.2, 0.25) is 10.2 Å². The molecular weight excluding hydrogens is 427 g/mol. The standard InChI is InChI=1S/C14H12Br2Cl2N2/c1-14(2,3)11-10(16)12(18)20-13(19-11)7-4-5-9(17)8(15)6-7/h4-6H,1-3H3. The van der Waals surface area contributed by atoms with Crippen LogP contribution in [0.4, 0.5) is 0 Å². The molecule has 6 heteroatoms. The lowest BCUT2D eigenvalue weighted by Gasteiger charge is -2.20. The van der Waals surface area contributed by atoms with Gasteiger partial charge in [0.25, 0.3) is 0 Å². The summed E-state index contributed by atoms with van der Waals surface area (Å²) in [6, 6.07) is 5.56. The second kappa shape index (κ2) is 5.91. The SMILES string of the molecule is CC(C)(C)c1nc(-c2ccc(Cl)c(Br)c2)nc(Cl)c1Br. The highest BCUT2D eigenvalue weighted by Crippen LogP contribution is 2.35. The van der Waals surface area contributed by atoms with E-state index in [1.54, 1.807) is 6.07 Å². The van der Waals surface area contributed by atoms with Gasteiger partial charge in [0.05, 0.1) is 15.2 Å². The van der Waals surface area contributed by atoms with Crippen LogP contribution in [0.15, 0.2) is 27.1 Å². The Bertz CT molecular complexity index is 667. The van der Waals surface area contributed by atoms with E-state index in [0.29, 0.717) is 16.0 Å². The van der Waals surface area contributed by atoms with E-state index in [0.717, 1.165) is 20.2 Å². The van der Waals surface area contributed by atoms with Crippen LogP contribution in [-0.2, 0) is 5.41 Å². The summed E-state index contributed by atoms with van der Waals surface area (Å²) >= 11 is 19.1. The van der Waals surface area contributed by atoms with Gasteiger partial charge in [0.2, 0.25) is 0 Å². The molecule has 0 spiro atoms. The molecule has 0 amide bonds. The summed E-state index contributed by atoms with van der Waals surface area (Å²) in [6.07, 6.45) is 0. The van der Waals surface area contributed by atoms with E-state index in [1.807, 2.05) is 12.1 Å². The fraction of sp³-hybridized carbons (Fsp3) is 0.286. The van der Waals surface area contributed by atoms with Crippen LogP contribution in [0, 0.1) is 0 Å². The summed E-state index contributed by atoms with van der Waals surface area (Å²) in [5.41, 5.74) is 1.60. The maximum absolute atomic E-state index is 6.21. The molecule has 20 heavy (non-hydrogen) atoms. The molecule has 0 aliphatic heterocycles. The number of nitrogens with zero attached hydrogens (tertiary/aromatic N) is 2. The minimum atomic E-state index is -0.135. The fourth-order valence-electron chi connectivity index (χ4n) is 1.68. The van der Waals surface area contributed by atoms with Gasteiger partial charge in [-0.05, 0) is 50.1 Å². The summed E-state index contributed by atoms with van der Waals surface area (Å²) in [4.78, 5) is 8.97. The fourth-order valence-corrected chi connectivity index (χ4v) is 3.12. The molecule has 2 rings (SSSR count). The Hall–Kier alpha value is -0.160. The number of benzene rings is 1. The Kier molecular flexibility index (Phi) is 4.80. The largest absolute Gasteiger partial charge is 0.231 e. The molecular formula is C14H12Br2Cl2N2. The molecule has 0 aliphatic carbocycles. The van der Waals surface area contributed by atoms with Crippen molar-refractivity contribution in [2.45, 2.75) is 26.2 Å². The van der Waals surface area contributed by atoms with Crippen molar-refractivity contribution in [3.05, 3.63) is 43.0 Å². The molecule has 106 valence electrons. The highest BCUT2D eigenvalue weighted by Gasteiger charge is 2.23. The first-order chi connectivity index (χ1) is 9.20. The third-order valence-electron chi connectivity index (χ3n) is 2.70. The van der Waals surface area contributed by atoms with Crippen molar-refractivity contribution in [2.24, 2.45) is 0 Å². The van der Waals surface area contributed by atoms with Crippen LogP contribution >= 0.6 is 55.1 Å². The number of hydrogen-bond donors (Lipinski definition) is 0. The first-order valence-corrected chi connectivity index (χ1v) is 8.23. The van der Waals surface area contributed by atoms with Crippen LogP contribution < -0.4 is 0 Å². The summed E-state index contributed by atoms with van der Waals surface area (Å²) in [5.74, 6) is 0.584. The Morgan fingerprint density at radius 1 is 1.05 bits per heavy atom. The third-order valence-corrected chi connectivity index (χ3v) is 5.17. The van der Waals surface area contributed by atoms with Gasteiger partial charge in [-0.2, -0.15) is 0 Å². The minimum Gasteiger partial charge on any atom is -0.231 e. The van der Waals surface area contributed by atoms with Crippen molar-refractivity contribution < 1.29 is 0 Å². The van der Waals surface area contributed by atoms with E-state index < -0.39 is 0 Å². The van der Waals surface area contributed by atoms with Crippen molar-refractivity contribution >= 4 is 55.1 Å². The quantitative estimate of drug-likeness (QED) is 0.490. The molecule has 1 heterocycles. The van der Waals surface area contributed by atoms with E-state index in [2.05, 4.69) is 62.6 Å². The molecule has 2 aromatic rings. The second-order valence-corrected chi connectivity index (χ2v) is 7.79. The summed E-state index contributed by atoms with van der Waals surface area (Å²) in [7, 11) is 0. The molecule has 0 saturated carbocycles. The molecule has 0 radical (unpaired) electrons. The topological polar surface area (TPSA) is 25.8 Å². The zero-order valence-corrected chi connectivity index (χ0v) is 15.8. The van der Waals surface area contributed by atoms with Gasteiger partial charge < -0.3 is 0 Å². The normalized spacial score (nSPS) is 11.8. The summed E-state index contributed by atoms with van der Waals surface area (Å²) < 4.78 is 1.54. The number of hydrogen-bond acceptors (Lipinski definition) is 2. The smallest absolute Gasteiger partial charge is 0.161 e. The van der Waals surface area contributed by atoms with E-state index in [4.69, 9.17) is 23.2 Å². The minimum absolute atomic E-state index is 0.135. The highest BCUT2D eigenvalue weighted by molar-refractivity contribution is 9.11. The number of halogens is 4. The van der Waals surface area contributed by atoms with E-state index in [9.17, 15) is 0 Å². The average molecular weight is 439 g/mol. The third kappa shape index (κ3) is 3.35. The number of rotatable bonds is 1. The van der Waals surface area contributed by atoms with Crippen molar-refractivity contribution in [3.63, 3.8) is 0 Å². The first kappa shape index (κ1) is 16.2. The average Bonchev–Trinajstić information content (AvgIpc) is 2.34. The van der Waals surface area contributed by atoms with Crippen molar-refractivity contribution in [1.29, 1.82) is 0 Å². The predicted octanol–water partition coefficient (Wildman–Crippen LogP) is 6.27. The van der Waals surface area contributed by atoms with Gasteiger partial charge in [0, 0.05) is 15.5 Å². The maximum Gasteiger partial charge on any atom is 0.161 e. The zero-order valence-electron chi connectivity index (χ0n) is 11.1. The highest BCUT2D eigenvalue weighted by atomic mass is 79.9. The molecule has 0 bridgehead atoms. The van der Waals surface area contributed by atoms with Crippen LogP contribution in [0.5, 0.6) is 0 Å². The molecule has 0 saturated heterocycles. The number of aromatic nitrogens is 2. The van der Waals surface area contributed by atoms with Crippen molar-refractivity contribution in [3.8, 4) is 11.4 Å². The Labute approximate surface area is 145 Å². The molecule has 1 aromatic carbocycles. The molecule has 2 nitrogen and oxygen atoms in total. The Balaban J connectivity index is 2.63. The molecule has 0 aliphatic rings. The van der Waals surface area contributed by atoms with Gasteiger partial charge in [-0.15, -0.1) is 0 Å². The maximum atomic E-state index is 6.21. The van der Waals surface area contributed by atoms with Gasteiger partial charge >= 0.3 is 0 Å². The van der Waals surface area contributed by atoms with E-state index in [-0.39, 0.29) is 5.41 Å². The second-order valence-electron chi connectivity index (χ2n) is 5.38. The first-order valence-electron chi connectivity index (χ1n) is 5.89. The van der Waals surface area contributed by atoms with E-state index >= 15 is 0 Å². The van der Waals surface area contributed by atoms with Gasteiger partial charge in [-0.3, -0.25) is 0 Å². The molecule has 0 fully saturated rings. The van der Waals surface area contributed by atoms with Crippen molar-refractivity contribution in [1.82, 2.24) is 9.97 Å². The predicted molar refractivity (Wildman–Crippen MR) is 91.6 cm³/mol. The van der Waals surface area contributed by atoms with Crippen LogP contribution in [0.25, 0.3) is 11.4 Å². The molecule has 0 unspecified atom stereocenters. The monoisotopic (exact) mass is 436 g/mol. The Morgan fingerprint density at radius 3 is 2.25 bits per heavy atom. The summed E-state index contributed by atoms with van der Waals surface area (Å²) in [5, 5.41) is 1.05. The van der Waals surface area contributed by atoms with Gasteiger partial charge in [0.15, 0.2) is 5.82 Å². The van der Waals surface area contributed by atoms with Gasteiger partial charge in [-0.1, -0.05) is 44.0 Å².